The number of fused-ring (bicyclic) bond motifs is 1. The number of carbonyl (C=O) groups excluding carboxylic acids is 3. The number of rotatable bonds is 4. The minimum atomic E-state index is -0.256. The lowest BCUT2D eigenvalue weighted by molar-refractivity contribution is -0.145. The topological polar surface area (TPSA) is 109 Å². The molecule has 2 aliphatic heterocycles. The van der Waals surface area contributed by atoms with E-state index >= 15 is 0 Å². The van der Waals surface area contributed by atoms with Crippen molar-refractivity contribution >= 4 is 28.8 Å². The maximum Gasteiger partial charge on any atom is 0.242 e. The van der Waals surface area contributed by atoms with E-state index in [2.05, 4.69) is 15.0 Å². The third-order valence-corrected chi connectivity index (χ3v) is 6.17. The van der Waals surface area contributed by atoms with Crippen molar-refractivity contribution < 1.29 is 14.4 Å². The van der Waals surface area contributed by atoms with Gasteiger partial charge in [0.15, 0.2) is 5.65 Å². The average Bonchev–Trinajstić information content (AvgIpc) is 3.16. The Hall–Kier alpha value is -3.75. The largest absolute Gasteiger partial charge is 0.341 e. The molecule has 5 heterocycles. The molecule has 0 unspecified atom stereocenters. The van der Waals surface area contributed by atoms with Gasteiger partial charge in [-0.2, -0.15) is 0 Å². The number of pyridine rings is 2. The number of hydrogen-bond donors (Lipinski definition) is 0. The Morgan fingerprint density at radius 3 is 2.41 bits per heavy atom. The fraction of sp³-hybridized carbons (Fsp3) is 0.348. The van der Waals surface area contributed by atoms with E-state index in [9.17, 15) is 14.4 Å². The second-order valence-corrected chi connectivity index (χ2v) is 8.16. The normalized spacial score (nSPS) is 17.4. The van der Waals surface area contributed by atoms with Crippen LogP contribution in [0.2, 0.25) is 0 Å². The van der Waals surface area contributed by atoms with E-state index in [4.69, 9.17) is 4.98 Å². The first kappa shape index (κ1) is 20.2. The highest BCUT2D eigenvalue weighted by atomic mass is 16.2. The Balaban J connectivity index is 1.24. The molecular formula is C23H22N6O3. The first-order valence-corrected chi connectivity index (χ1v) is 10.7. The molecule has 0 aliphatic carbocycles. The van der Waals surface area contributed by atoms with E-state index < -0.39 is 0 Å². The van der Waals surface area contributed by atoms with Crippen LogP contribution in [-0.2, 0) is 14.4 Å². The zero-order chi connectivity index (χ0) is 22.1. The van der Waals surface area contributed by atoms with Gasteiger partial charge in [0.05, 0.1) is 0 Å². The monoisotopic (exact) mass is 430 g/mol. The first-order chi connectivity index (χ1) is 15.6. The molecule has 3 aromatic rings. The Bertz CT molecular complexity index is 1170. The lowest BCUT2D eigenvalue weighted by Gasteiger charge is -2.32. The molecule has 0 N–H and O–H groups in total. The average molecular weight is 430 g/mol. The quantitative estimate of drug-likeness (QED) is 0.582. The summed E-state index contributed by atoms with van der Waals surface area (Å²) >= 11 is 0. The first-order valence-electron chi connectivity index (χ1n) is 10.7. The second-order valence-electron chi connectivity index (χ2n) is 8.16. The predicted molar refractivity (Wildman–Crippen MR) is 115 cm³/mol. The van der Waals surface area contributed by atoms with Gasteiger partial charge in [0.25, 0.3) is 0 Å². The van der Waals surface area contributed by atoms with Crippen LogP contribution in [0.1, 0.15) is 37.3 Å². The van der Waals surface area contributed by atoms with E-state index in [0.29, 0.717) is 18.7 Å². The standard InChI is InChI=1S/C23H22N6O3/c30-20-3-4-21(31)29(20)13-22(32)28-7-5-15(6-8-28)19-2-1-16-9-17(12-26-23(16)27-19)18-10-24-14-25-11-18/h1-2,9-12,14-15H,3-8,13H2. The van der Waals surface area contributed by atoms with Crippen molar-refractivity contribution in [3.63, 3.8) is 0 Å². The summed E-state index contributed by atoms with van der Waals surface area (Å²) in [6.07, 6.45) is 8.75. The van der Waals surface area contributed by atoms with Gasteiger partial charge in [-0.05, 0) is 31.0 Å². The Kier molecular flexibility index (Phi) is 5.30. The lowest BCUT2D eigenvalue weighted by Crippen LogP contribution is -2.45. The van der Waals surface area contributed by atoms with Gasteiger partial charge in [-0.15, -0.1) is 0 Å². The van der Waals surface area contributed by atoms with E-state index in [1.54, 1.807) is 23.5 Å². The molecule has 9 nitrogen and oxygen atoms in total. The molecule has 2 fully saturated rings. The summed E-state index contributed by atoms with van der Waals surface area (Å²) in [7, 11) is 0. The molecule has 3 amide bonds. The van der Waals surface area contributed by atoms with Gasteiger partial charge in [0.1, 0.15) is 12.9 Å². The van der Waals surface area contributed by atoms with Gasteiger partial charge < -0.3 is 4.90 Å². The van der Waals surface area contributed by atoms with Crippen LogP contribution < -0.4 is 0 Å². The van der Waals surface area contributed by atoms with Gasteiger partial charge in [-0.3, -0.25) is 19.3 Å². The van der Waals surface area contributed by atoms with Crippen molar-refractivity contribution in [3.8, 4) is 11.1 Å². The maximum atomic E-state index is 12.6. The Morgan fingerprint density at radius 1 is 0.969 bits per heavy atom. The molecule has 5 rings (SSSR count). The Morgan fingerprint density at radius 2 is 1.69 bits per heavy atom. The molecule has 32 heavy (non-hydrogen) atoms. The molecule has 2 saturated heterocycles. The van der Waals surface area contributed by atoms with E-state index in [1.165, 1.54) is 6.33 Å². The molecule has 0 aromatic carbocycles. The van der Waals surface area contributed by atoms with Crippen LogP contribution in [0.15, 0.2) is 43.1 Å². The van der Waals surface area contributed by atoms with Crippen LogP contribution in [0.4, 0.5) is 0 Å². The van der Waals surface area contributed by atoms with E-state index in [0.717, 1.165) is 39.9 Å². The molecule has 0 bridgehead atoms. The fourth-order valence-electron chi connectivity index (χ4n) is 4.32. The Labute approximate surface area is 184 Å². The smallest absolute Gasteiger partial charge is 0.242 e. The van der Waals surface area contributed by atoms with Crippen molar-refractivity contribution in [2.24, 2.45) is 0 Å². The van der Waals surface area contributed by atoms with Crippen molar-refractivity contribution in [3.05, 3.63) is 48.8 Å². The lowest BCUT2D eigenvalue weighted by atomic mass is 9.92. The minimum absolute atomic E-state index is 0.144. The predicted octanol–water partition coefficient (Wildman–Crippen LogP) is 1.94. The zero-order valence-corrected chi connectivity index (χ0v) is 17.5. The van der Waals surface area contributed by atoms with Gasteiger partial charge in [0, 0.05) is 72.6 Å². The SMILES string of the molecule is O=C(CN1C(=O)CCC1=O)N1CCC(c2ccc3cc(-c4cncnc4)cnc3n2)CC1. The summed E-state index contributed by atoms with van der Waals surface area (Å²) in [4.78, 5) is 56.3. The van der Waals surface area contributed by atoms with Gasteiger partial charge >= 0.3 is 0 Å². The molecular weight excluding hydrogens is 408 g/mol. The third-order valence-electron chi connectivity index (χ3n) is 6.17. The van der Waals surface area contributed by atoms with Crippen LogP contribution in [-0.4, -0.2) is 67.1 Å². The highest BCUT2D eigenvalue weighted by Crippen LogP contribution is 2.29. The number of nitrogens with zero attached hydrogens (tertiary/aromatic N) is 6. The summed E-state index contributed by atoms with van der Waals surface area (Å²) < 4.78 is 0. The van der Waals surface area contributed by atoms with Crippen LogP contribution in [0.25, 0.3) is 22.2 Å². The fourth-order valence-corrected chi connectivity index (χ4v) is 4.32. The van der Waals surface area contributed by atoms with Crippen LogP contribution in [0, 0.1) is 0 Å². The summed E-state index contributed by atoms with van der Waals surface area (Å²) in [6.45, 7) is 1.02. The molecule has 0 saturated carbocycles. The summed E-state index contributed by atoms with van der Waals surface area (Å²) in [5.74, 6) is -0.441. The maximum absolute atomic E-state index is 12.6. The number of aromatic nitrogens is 4. The van der Waals surface area contributed by atoms with Gasteiger partial charge in [0.2, 0.25) is 17.7 Å². The molecule has 9 heteroatoms. The van der Waals surface area contributed by atoms with Gasteiger partial charge in [-0.25, -0.2) is 19.9 Å². The molecule has 0 atom stereocenters. The van der Waals surface area contributed by atoms with Crippen LogP contribution in [0.3, 0.4) is 0 Å². The molecule has 162 valence electrons. The molecule has 3 aromatic heterocycles. The zero-order valence-electron chi connectivity index (χ0n) is 17.5. The van der Waals surface area contributed by atoms with Crippen LogP contribution in [0.5, 0.6) is 0 Å². The van der Waals surface area contributed by atoms with Crippen molar-refractivity contribution in [1.29, 1.82) is 0 Å². The van der Waals surface area contributed by atoms with Crippen molar-refractivity contribution in [1.82, 2.24) is 29.7 Å². The van der Waals surface area contributed by atoms with Crippen molar-refractivity contribution in [2.75, 3.05) is 19.6 Å². The van der Waals surface area contributed by atoms with E-state index in [-0.39, 0.29) is 43.0 Å². The molecule has 2 aliphatic rings. The van der Waals surface area contributed by atoms with Gasteiger partial charge in [-0.1, -0.05) is 0 Å². The number of likely N-dealkylation sites (tertiary alicyclic amines) is 2. The van der Waals surface area contributed by atoms with E-state index in [1.807, 2.05) is 18.2 Å². The minimum Gasteiger partial charge on any atom is -0.341 e. The summed E-state index contributed by atoms with van der Waals surface area (Å²) in [6, 6.07) is 6.08. The molecule has 0 radical (unpaired) electrons. The highest BCUT2D eigenvalue weighted by Gasteiger charge is 2.33. The number of piperidine rings is 1. The number of imide groups is 1. The highest BCUT2D eigenvalue weighted by molar-refractivity contribution is 6.04. The third kappa shape index (κ3) is 3.93. The number of carbonyl (C=O) groups is 3. The van der Waals surface area contributed by atoms with Crippen molar-refractivity contribution in [2.45, 2.75) is 31.6 Å². The van der Waals surface area contributed by atoms with Crippen LogP contribution >= 0.6 is 0 Å². The number of amides is 3. The summed E-state index contributed by atoms with van der Waals surface area (Å²) in [5.41, 5.74) is 3.50. The summed E-state index contributed by atoms with van der Waals surface area (Å²) in [5, 5.41) is 0.947. The second kappa shape index (κ2) is 8.41. The molecule has 0 spiro atoms. The number of hydrogen-bond acceptors (Lipinski definition) is 7.